The fourth-order valence-corrected chi connectivity index (χ4v) is 2.83. The van der Waals surface area contributed by atoms with E-state index in [1.54, 1.807) is 0 Å². The van der Waals surface area contributed by atoms with Gasteiger partial charge in [-0.15, -0.1) is 0 Å². The topological polar surface area (TPSA) is 78.4 Å². The molecule has 1 fully saturated rings. The van der Waals surface area contributed by atoms with Crippen molar-refractivity contribution in [2.45, 2.75) is 26.3 Å². The van der Waals surface area contributed by atoms with Crippen molar-refractivity contribution < 1.29 is 14.7 Å². The van der Waals surface area contributed by atoms with Crippen LogP contribution in [0.2, 0.25) is 0 Å². The molecule has 0 saturated carbocycles. The van der Waals surface area contributed by atoms with Crippen LogP contribution in [0.5, 0.6) is 0 Å². The van der Waals surface area contributed by atoms with Crippen molar-refractivity contribution in [1.82, 2.24) is 10.6 Å². The number of carboxylic acids is 1. The maximum atomic E-state index is 11.7. The maximum absolute atomic E-state index is 11.7. The van der Waals surface area contributed by atoms with Crippen molar-refractivity contribution in [2.75, 3.05) is 24.6 Å². The van der Waals surface area contributed by atoms with Crippen LogP contribution in [-0.2, 0) is 9.59 Å². The van der Waals surface area contributed by atoms with Crippen LogP contribution in [0.15, 0.2) is 0 Å². The molecule has 0 aromatic heterocycles. The molecule has 2 atom stereocenters. The third kappa shape index (κ3) is 5.27. The van der Waals surface area contributed by atoms with Gasteiger partial charge >= 0.3 is 5.97 Å². The lowest BCUT2D eigenvalue weighted by Gasteiger charge is -2.23. The molecule has 18 heavy (non-hydrogen) atoms. The SMILES string of the molecule is CC(C)C(CNC(=O)CC1CSCCN1)C(=O)O. The van der Waals surface area contributed by atoms with E-state index in [0.29, 0.717) is 6.42 Å². The second kappa shape index (κ2) is 7.63. The summed E-state index contributed by atoms with van der Waals surface area (Å²) in [6, 6.07) is 0.214. The minimum atomic E-state index is -0.850. The Morgan fingerprint density at radius 3 is 2.72 bits per heavy atom. The summed E-state index contributed by atoms with van der Waals surface area (Å²) in [4.78, 5) is 22.7. The molecule has 0 aliphatic carbocycles. The Bertz CT molecular complexity index is 291. The van der Waals surface area contributed by atoms with Gasteiger partial charge in [0, 0.05) is 37.1 Å². The highest BCUT2D eigenvalue weighted by Crippen LogP contribution is 2.11. The van der Waals surface area contributed by atoms with Gasteiger partial charge in [0.25, 0.3) is 0 Å². The van der Waals surface area contributed by atoms with Crippen LogP contribution in [0.25, 0.3) is 0 Å². The Morgan fingerprint density at radius 1 is 1.50 bits per heavy atom. The van der Waals surface area contributed by atoms with Crippen LogP contribution in [0.3, 0.4) is 0 Å². The smallest absolute Gasteiger partial charge is 0.308 e. The molecule has 0 radical (unpaired) electrons. The highest BCUT2D eigenvalue weighted by Gasteiger charge is 2.23. The van der Waals surface area contributed by atoms with E-state index in [0.717, 1.165) is 18.1 Å². The number of rotatable bonds is 6. The molecule has 1 amide bonds. The van der Waals surface area contributed by atoms with E-state index < -0.39 is 11.9 Å². The molecule has 0 bridgehead atoms. The monoisotopic (exact) mass is 274 g/mol. The first-order chi connectivity index (χ1) is 8.50. The molecule has 1 rings (SSSR count). The van der Waals surface area contributed by atoms with Gasteiger partial charge in [-0.2, -0.15) is 11.8 Å². The van der Waals surface area contributed by atoms with E-state index in [9.17, 15) is 9.59 Å². The fraction of sp³-hybridized carbons (Fsp3) is 0.833. The molecule has 0 aromatic rings. The van der Waals surface area contributed by atoms with Gasteiger partial charge in [0.2, 0.25) is 5.91 Å². The molecular formula is C12H22N2O3S. The Balaban J connectivity index is 2.28. The van der Waals surface area contributed by atoms with Crippen molar-refractivity contribution in [3.05, 3.63) is 0 Å². The molecule has 1 aliphatic heterocycles. The van der Waals surface area contributed by atoms with Gasteiger partial charge in [-0.1, -0.05) is 13.8 Å². The molecule has 1 saturated heterocycles. The zero-order chi connectivity index (χ0) is 13.5. The second-order valence-corrected chi connectivity index (χ2v) is 6.07. The molecule has 0 spiro atoms. The summed E-state index contributed by atoms with van der Waals surface area (Å²) in [5.74, 6) is 0.624. The number of thioether (sulfide) groups is 1. The first-order valence-electron chi connectivity index (χ1n) is 6.31. The predicted octanol–water partition coefficient (Wildman–Crippen LogP) is 0.555. The third-order valence-electron chi connectivity index (χ3n) is 3.07. The molecule has 104 valence electrons. The second-order valence-electron chi connectivity index (χ2n) is 4.92. The number of carboxylic acid groups (broad SMARTS) is 1. The molecule has 1 aliphatic rings. The molecule has 1 heterocycles. The van der Waals surface area contributed by atoms with E-state index in [1.807, 2.05) is 25.6 Å². The number of carbonyl (C=O) groups excluding carboxylic acids is 1. The molecule has 0 aromatic carbocycles. The van der Waals surface area contributed by atoms with Crippen LogP contribution in [0.1, 0.15) is 20.3 Å². The summed E-state index contributed by atoms with van der Waals surface area (Å²) in [7, 11) is 0. The van der Waals surface area contributed by atoms with Gasteiger partial charge in [0.15, 0.2) is 0 Å². The highest BCUT2D eigenvalue weighted by atomic mass is 32.2. The van der Waals surface area contributed by atoms with Gasteiger partial charge in [0.05, 0.1) is 5.92 Å². The molecule has 3 N–H and O–H groups in total. The van der Waals surface area contributed by atoms with Gasteiger partial charge in [-0.3, -0.25) is 9.59 Å². The van der Waals surface area contributed by atoms with Gasteiger partial charge in [-0.05, 0) is 5.92 Å². The summed E-state index contributed by atoms with van der Waals surface area (Å²) in [6.07, 6.45) is 0.428. The molecular weight excluding hydrogens is 252 g/mol. The van der Waals surface area contributed by atoms with Crippen LogP contribution in [0.4, 0.5) is 0 Å². The normalized spacial score (nSPS) is 21.6. The lowest BCUT2D eigenvalue weighted by molar-refractivity contribution is -0.143. The number of aliphatic carboxylic acids is 1. The Kier molecular flexibility index (Phi) is 6.49. The van der Waals surface area contributed by atoms with Crippen molar-refractivity contribution in [2.24, 2.45) is 11.8 Å². The van der Waals surface area contributed by atoms with E-state index in [2.05, 4.69) is 10.6 Å². The summed E-state index contributed by atoms with van der Waals surface area (Å²) in [5, 5.41) is 15.0. The first kappa shape index (κ1) is 15.3. The Morgan fingerprint density at radius 2 is 2.22 bits per heavy atom. The number of amides is 1. The van der Waals surface area contributed by atoms with Crippen molar-refractivity contribution in [3.63, 3.8) is 0 Å². The fourth-order valence-electron chi connectivity index (χ4n) is 1.88. The molecule has 2 unspecified atom stereocenters. The first-order valence-corrected chi connectivity index (χ1v) is 7.46. The average Bonchev–Trinajstić information content (AvgIpc) is 2.29. The van der Waals surface area contributed by atoms with E-state index in [1.165, 1.54) is 0 Å². The van der Waals surface area contributed by atoms with Crippen molar-refractivity contribution >= 4 is 23.6 Å². The van der Waals surface area contributed by atoms with E-state index >= 15 is 0 Å². The predicted molar refractivity (Wildman–Crippen MR) is 72.7 cm³/mol. The van der Waals surface area contributed by atoms with Gasteiger partial charge < -0.3 is 15.7 Å². The summed E-state index contributed by atoms with van der Waals surface area (Å²) < 4.78 is 0. The standard InChI is InChI=1S/C12H22N2O3S/c1-8(2)10(12(16)17)6-14-11(15)5-9-7-18-4-3-13-9/h8-10,13H,3-7H2,1-2H3,(H,14,15)(H,16,17). The minimum absolute atomic E-state index is 0.0196. The third-order valence-corrected chi connectivity index (χ3v) is 4.20. The summed E-state index contributed by atoms with van der Waals surface area (Å²) in [6.45, 7) is 4.85. The van der Waals surface area contributed by atoms with Crippen LogP contribution in [-0.4, -0.2) is 47.6 Å². The van der Waals surface area contributed by atoms with Crippen molar-refractivity contribution in [3.8, 4) is 0 Å². The number of hydrogen-bond acceptors (Lipinski definition) is 4. The number of hydrogen-bond donors (Lipinski definition) is 3. The van der Waals surface area contributed by atoms with Crippen LogP contribution < -0.4 is 10.6 Å². The highest BCUT2D eigenvalue weighted by molar-refractivity contribution is 7.99. The van der Waals surface area contributed by atoms with E-state index in [-0.39, 0.29) is 24.4 Å². The summed E-state index contributed by atoms with van der Waals surface area (Å²) >= 11 is 1.84. The van der Waals surface area contributed by atoms with Gasteiger partial charge in [0.1, 0.15) is 0 Å². The largest absolute Gasteiger partial charge is 0.481 e. The maximum Gasteiger partial charge on any atom is 0.308 e. The van der Waals surface area contributed by atoms with Crippen molar-refractivity contribution in [1.29, 1.82) is 0 Å². The number of nitrogens with one attached hydrogen (secondary N) is 2. The summed E-state index contributed by atoms with van der Waals surface area (Å²) in [5.41, 5.74) is 0. The minimum Gasteiger partial charge on any atom is -0.481 e. The zero-order valence-corrected chi connectivity index (χ0v) is 11.8. The quantitative estimate of drug-likeness (QED) is 0.659. The Hall–Kier alpha value is -0.750. The average molecular weight is 274 g/mol. The molecule has 6 heteroatoms. The molecule has 5 nitrogen and oxygen atoms in total. The van der Waals surface area contributed by atoms with Crippen LogP contribution in [0, 0.1) is 11.8 Å². The lowest BCUT2D eigenvalue weighted by atomic mass is 9.96. The van der Waals surface area contributed by atoms with Crippen LogP contribution >= 0.6 is 11.8 Å². The van der Waals surface area contributed by atoms with E-state index in [4.69, 9.17) is 5.11 Å². The lowest BCUT2D eigenvalue weighted by Crippen LogP contribution is -2.43. The zero-order valence-electron chi connectivity index (χ0n) is 10.9. The Labute approximate surface area is 112 Å². The number of carbonyl (C=O) groups is 2. The van der Waals surface area contributed by atoms with Gasteiger partial charge in [-0.25, -0.2) is 0 Å².